The maximum Gasteiger partial charge on any atom is 0.0791 e. The van der Waals surface area contributed by atoms with Crippen LogP contribution in [0.25, 0.3) is 43.9 Å². The molecular weight excluding hydrogens is 669 g/mol. The maximum absolute atomic E-state index is 8.22. The fourth-order valence-corrected chi connectivity index (χ4v) is 4.17. The van der Waals surface area contributed by atoms with Crippen molar-refractivity contribution in [3.63, 3.8) is 0 Å². The largest absolute Gasteiger partial charge is 0.355 e. The van der Waals surface area contributed by atoms with Crippen molar-refractivity contribution in [1.29, 1.82) is 0 Å². The van der Waals surface area contributed by atoms with Crippen molar-refractivity contribution in [3.8, 4) is 0 Å². The number of nitrogens with one attached hydrogen (secondary N) is 2. The summed E-state index contributed by atoms with van der Waals surface area (Å²) in [6.07, 6.45) is 6.00. The van der Waals surface area contributed by atoms with Crippen LogP contribution in [0.3, 0.4) is 0 Å². The zero-order chi connectivity index (χ0) is 18.5. The molecule has 8 bridgehead atoms. The molecule has 4 nitrogen and oxygen atoms in total. The molecule has 0 spiro atoms. The Kier molecular flexibility index (Phi) is 5.11. The van der Waals surface area contributed by atoms with E-state index in [4.69, 9.17) is 6.35 Å². The number of H-pyrrole nitrogens is 2. The van der Waals surface area contributed by atoms with Crippen LogP contribution >= 0.6 is 45.2 Å². The van der Waals surface area contributed by atoms with Crippen LogP contribution in [0.15, 0.2) is 42.4 Å². The molecule has 0 atom stereocenters. The van der Waals surface area contributed by atoms with Crippen molar-refractivity contribution in [3.05, 3.63) is 68.8 Å². The first-order valence-corrected chi connectivity index (χ1v) is 10.1. The van der Waals surface area contributed by atoms with Crippen molar-refractivity contribution in [1.82, 2.24) is 19.9 Å². The van der Waals surface area contributed by atoms with E-state index in [1.807, 2.05) is 36.4 Å². The Morgan fingerprint density at radius 2 is 1.59 bits per heavy atom. The quantitative estimate of drug-likeness (QED) is 0.187. The summed E-state index contributed by atoms with van der Waals surface area (Å²) < 4.78 is 10.4. The van der Waals surface area contributed by atoms with Crippen molar-refractivity contribution >= 4 is 113 Å². The molecule has 27 heavy (non-hydrogen) atoms. The number of hydrogen-bond donors (Lipinski definition) is 2. The van der Waals surface area contributed by atoms with Gasteiger partial charge in [0.15, 0.2) is 0 Å². The average molecular weight is 682 g/mol. The Hall–Kier alpha value is -1.14. The van der Waals surface area contributed by atoms with Crippen LogP contribution in [0, 0.1) is 3.57 Å². The summed E-state index contributed by atoms with van der Waals surface area (Å²) in [6, 6.07) is 12.3. The summed E-state index contributed by atoms with van der Waals surface area (Å²) in [5, 5.41) is 0. The second-order valence-corrected chi connectivity index (χ2v) is 8.38. The van der Waals surface area contributed by atoms with E-state index in [9.17, 15) is 0 Å². The van der Waals surface area contributed by atoms with E-state index in [1.165, 1.54) is 0 Å². The smallest absolute Gasteiger partial charge is 0.0791 e. The number of halogens is 2. The molecule has 0 unspecified atom stereocenters. The van der Waals surface area contributed by atoms with E-state index < -0.39 is 0 Å². The van der Waals surface area contributed by atoms with Crippen LogP contribution < -0.4 is 0 Å². The average Bonchev–Trinajstić information content (AvgIpc) is 3.34. The fourth-order valence-electron chi connectivity index (χ4n) is 2.95. The van der Waals surface area contributed by atoms with Gasteiger partial charge in [-0.05, 0) is 106 Å². The van der Waals surface area contributed by atoms with Gasteiger partial charge in [0, 0.05) is 47.6 Å². The minimum atomic E-state index is 0. The Morgan fingerprint density at radius 3 is 2.41 bits per heavy atom. The van der Waals surface area contributed by atoms with Gasteiger partial charge in [0.05, 0.1) is 29.7 Å². The minimum absolute atomic E-state index is 0. The predicted molar refractivity (Wildman–Crippen MR) is 130 cm³/mol. The van der Waals surface area contributed by atoms with E-state index in [-0.39, 0.29) is 23.9 Å². The number of fused-ring (bicyclic) bond motifs is 8. The van der Waals surface area contributed by atoms with Gasteiger partial charge in [0.2, 0.25) is 0 Å². The summed E-state index contributed by atoms with van der Waals surface area (Å²) in [6.45, 7) is 0. The second-order valence-electron chi connectivity index (χ2n) is 6.06. The molecule has 3 aromatic heterocycles. The standard InChI is InChI=1S/C20H12I2N4.Sn/c21-17-7-15-6-13-2-1-11(23-13)5-12-3-4-14(24-12)9-19-18(22)8-16(26-19)10-20(17)25-15;/h1-10,24-25H;/i3D;. The molecule has 5 heterocycles. The summed E-state index contributed by atoms with van der Waals surface area (Å²) >= 11 is 4.63. The molecular formula is C20H12I2N4Sn. The third kappa shape index (κ3) is 4.02. The molecule has 0 saturated heterocycles. The number of aromatic nitrogens is 4. The number of aromatic amines is 2. The van der Waals surface area contributed by atoms with E-state index in [0.717, 1.165) is 52.0 Å². The maximum atomic E-state index is 8.22. The van der Waals surface area contributed by atoms with Gasteiger partial charge >= 0.3 is 0 Å². The molecule has 2 aliphatic heterocycles. The molecule has 7 heteroatoms. The van der Waals surface area contributed by atoms with Gasteiger partial charge in [-0.25, -0.2) is 9.97 Å². The molecule has 0 aliphatic carbocycles. The molecule has 0 fully saturated rings. The van der Waals surface area contributed by atoms with Crippen molar-refractivity contribution in [2.24, 2.45) is 0 Å². The Bertz CT molecular complexity index is 1320. The van der Waals surface area contributed by atoms with E-state index in [0.29, 0.717) is 6.04 Å². The SMILES string of the molecule is [2H]c1cc2cc3nc(cc4[nH]c(cc5nc(cc1[nH]2)C=C5)cc4I)C=C3I.[Sn]. The number of hydrogen-bond acceptors (Lipinski definition) is 2. The molecule has 0 aromatic carbocycles. The third-order valence-corrected chi connectivity index (χ3v) is 5.87. The second kappa shape index (κ2) is 7.70. The van der Waals surface area contributed by atoms with Crippen LogP contribution in [0.2, 0.25) is 0 Å². The molecule has 0 amide bonds. The van der Waals surface area contributed by atoms with E-state index in [2.05, 4.69) is 78.3 Å². The Labute approximate surface area is 201 Å². The van der Waals surface area contributed by atoms with E-state index >= 15 is 0 Å². The van der Waals surface area contributed by atoms with Crippen LogP contribution in [0.1, 0.15) is 24.1 Å². The Balaban J connectivity index is 0.00000192. The van der Waals surface area contributed by atoms with Crippen LogP contribution in [0.5, 0.6) is 0 Å². The zero-order valence-corrected chi connectivity index (χ0v) is 21.0. The topological polar surface area (TPSA) is 57.4 Å². The van der Waals surface area contributed by atoms with Gasteiger partial charge in [0.1, 0.15) is 0 Å². The van der Waals surface area contributed by atoms with Crippen molar-refractivity contribution in [2.45, 2.75) is 0 Å². The normalized spacial score (nSPS) is 13.1. The van der Waals surface area contributed by atoms with Crippen LogP contribution in [-0.2, 0) is 0 Å². The van der Waals surface area contributed by atoms with E-state index in [1.54, 1.807) is 0 Å². The summed E-state index contributed by atoms with van der Waals surface area (Å²) in [4.78, 5) is 16.1. The van der Waals surface area contributed by atoms with Gasteiger partial charge in [-0.2, -0.15) is 0 Å². The first-order valence-electron chi connectivity index (χ1n) is 8.47. The summed E-state index contributed by atoms with van der Waals surface area (Å²) in [5.74, 6) is 0. The first-order chi connectivity index (χ1) is 13.0. The Morgan fingerprint density at radius 1 is 0.815 bits per heavy atom. The van der Waals surface area contributed by atoms with Gasteiger partial charge in [-0.3, -0.25) is 0 Å². The molecule has 130 valence electrons. The van der Waals surface area contributed by atoms with Crippen molar-refractivity contribution < 1.29 is 1.37 Å². The summed E-state index contributed by atoms with van der Waals surface area (Å²) in [7, 11) is 0. The van der Waals surface area contributed by atoms with Crippen LogP contribution in [0.4, 0.5) is 0 Å². The fraction of sp³-hybridized carbons (Fsp3) is 0. The molecule has 0 saturated carbocycles. The molecule has 5 rings (SSSR count). The zero-order valence-electron chi connectivity index (χ0n) is 14.8. The molecule has 3 aromatic rings. The van der Waals surface area contributed by atoms with Crippen LogP contribution in [-0.4, -0.2) is 43.8 Å². The predicted octanol–water partition coefficient (Wildman–Crippen LogP) is 5.64. The van der Waals surface area contributed by atoms with Gasteiger partial charge in [0.25, 0.3) is 0 Å². The number of nitrogens with zero attached hydrogens (tertiary/aromatic N) is 2. The minimum Gasteiger partial charge on any atom is -0.355 e. The third-order valence-electron chi connectivity index (χ3n) is 4.11. The van der Waals surface area contributed by atoms with Gasteiger partial charge < -0.3 is 9.97 Å². The molecule has 4 radical (unpaired) electrons. The summed E-state index contributed by atoms with van der Waals surface area (Å²) in [5.41, 5.74) is 7.13. The monoisotopic (exact) mass is 683 g/mol. The first kappa shape index (κ1) is 17.9. The van der Waals surface area contributed by atoms with Gasteiger partial charge in [-0.15, -0.1) is 0 Å². The van der Waals surface area contributed by atoms with Gasteiger partial charge in [-0.1, -0.05) is 0 Å². The molecule has 2 aliphatic rings. The number of rotatable bonds is 0. The molecule has 2 N–H and O–H groups in total. The van der Waals surface area contributed by atoms with Crippen molar-refractivity contribution in [2.75, 3.05) is 0 Å².